The lowest BCUT2D eigenvalue weighted by molar-refractivity contribution is -0.136. The first-order chi connectivity index (χ1) is 11.0. The Morgan fingerprint density at radius 3 is 2.54 bits per heavy atom. The smallest absolute Gasteiger partial charge is 0.410 e. The van der Waals surface area contributed by atoms with Gasteiger partial charge >= 0.3 is 12.1 Å². The number of nitrogens with zero attached hydrogens (tertiary/aromatic N) is 1. The van der Waals surface area contributed by atoms with E-state index in [1.165, 1.54) is 18.1 Å². The van der Waals surface area contributed by atoms with Crippen molar-refractivity contribution in [1.29, 1.82) is 0 Å². The van der Waals surface area contributed by atoms with Crippen LogP contribution in [0.25, 0.3) is 0 Å². The molecule has 0 aliphatic carbocycles. The summed E-state index contributed by atoms with van der Waals surface area (Å²) in [6.45, 7) is 14.9. The summed E-state index contributed by atoms with van der Waals surface area (Å²) in [6, 6.07) is -0.496. The number of hydrogen-bond acceptors (Lipinski definition) is 5. The van der Waals surface area contributed by atoms with Crippen molar-refractivity contribution in [1.82, 2.24) is 4.90 Å². The molecule has 1 rings (SSSR count). The van der Waals surface area contributed by atoms with Gasteiger partial charge in [-0.3, -0.25) is 4.90 Å². The lowest BCUT2D eigenvalue weighted by Crippen LogP contribution is -2.47. The summed E-state index contributed by atoms with van der Waals surface area (Å²) in [5.74, 6) is -0.446. The lowest BCUT2D eigenvalue weighted by Gasteiger charge is -2.38. The molecule has 1 aliphatic rings. The Labute approximate surface area is 145 Å². The Kier molecular flexibility index (Phi) is 6.80. The molecule has 0 fully saturated rings. The zero-order chi connectivity index (χ0) is 18.5. The van der Waals surface area contributed by atoms with Crippen LogP contribution in [0.15, 0.2) is 24.3 Å². The molecule has 7 heteroatoms. The molecular weight excluding hydrogens is 326 g/mol. The standard InChI is InChI=1S/C17H29NO5Si/c1-8-11-22-16(20)18-10-9-13(15(19)21-5)14(18)12-23-24(6,7)17(2,3)4/h8-9,14H,1,10-12H2,2-7H3/t14-/m1/s1. The first kappa shape index (κ1) is 20.4. The normalized spacial score (nSPS) is 18.2. The van der Waals surface area contributed by atoms with E-state index in [1.54, 1.807) is 6.08 Å². The van der Waals surface area contributed by atoms with Gasteiger partial charge in [0.25, 0.3) is 0 Å². The minimum absolute atomic E-state index is 0.0366. The highest BCUT2D eigenvalue weighted by Gasteiger charge is 2.41. The molecule has 0 spiro atoms. The van der Waals surface area contributed by atoms with Crippen LogP contribution in [-0.2, 0) is 18.7 Å². The van der Waals surface area contributed by atoms with Crippen LogP contribution in [0.5, 0.6) is 0 Å². The van der Waals surface area contributed by atoms with E-state index in [2.05, 4.69) is 40.4 Å². The fourth-order valence-electron chi connectivity index (χ4n) is 2.06. The number of hydrogen-bond donors (Lipinski definition) is 0. The van der Waals surface area contributed by atoms with Crippen LogP contribution in [-0.4, -0.2) is 58.2 Å². The van der Waals surface area contributed by atoms with Gasteiger partial charge < -0.3 is 13.9 Å². The van der Waals surface area contributed by atoms with E-state index in [0.717, 1.165) is 0 Å². The van der Waals surface area contributed by atoms with Crippen LogP contribution in [0.2, 0.25) is 18.1 Å². The molecule has 6 nitrogen and oxygen atoms in total. The number of rotatable bonds is 6. The first-order valence-corrected chi connectivity index (χ1v) is 10.9. The van der Waals surface area contributed by atoms with Crippen molar-refractivity contribution < 1.29 is 23.5 Å². The second-order valence-electron chi connectivity index (χ2n) is 7.26. The average molecular weight is 356 g/mol. The van der Waals surface area contributed by atoms with Gasteiger partial charge in [0, 0.05) is 6.54 Å². The fourth-order valence-corrected chi connectivity index (χ4v) is 3.07. The molecule has 1 amide bonds. The van der Waals surface area contributed by atoms with E-state index < -0.39 is 26.4 Å². The molecule has 1 aliphatic heterocycles. The average Bonchev–Trinajstić information content (AvgIpc) is 2.92. The third kappa shape index (κ3) is 4.70. The molecule has 24 heavy (non-hydrogen) atoms. The maximum absolute atomic E-state index is 12.2. The van der Waals surface area contributed by atoms with E-state index in [4.69, 9.17) is 13.9 Å². The van der Waals surface area contributed by atoms with Crippen molar-refractivity contribution in [2.75, 3.05) is 26.9 Å². The van der Waals surface area contributed by atoms with Crippen LogP contribution < -0.4 is 0 Å². The molecule has 0 aromatic heterocycles. The molecule has 0 unspecified atom stereocenters. The highest BCUT2D eigenvalue weighted by atomic mass is 28.4. The summed E-state index contributed by atoms with van der Waals surface area (Å²) < 4.78 is 16.1. The maximum atomic E-state index is 12.2. The van der Waals surface area contributed by atoms with Crippen LogP contribution >= 0.6 is 0 Å². The largest absolute Gasteiger partial charge is 0.466 e. The third-order valence-electron chi connectivity index (χ3n) is 4.63. The molecule has 136 valence electrons. The number of ether oxygens (including phenoxy) is 2. The Morgan fingerprint density at radius 1 is 1.42 bits per heavy atom. The van der Waals surface area contributed by atoms with Gasteiger partial charge in [0.1, 0.15) is 6.61 Å². The number of amides is 1. The topological polar surface area (TPSA) is 65.1 Å². The Balaban J connectivity index is 2.91. The minimum Gasteiger partial charge on any atom is -0.466 e. The SMILES string of the molecule is C=CCOC(=O)N1CC=C(C(=O)OC)[C@H]1CO[Si](C)(C)C(C)(C)C. The van der Waals surface area contributed by atoms with E-state index in [-0.39, 0.29) is 18.3 Å². The maximum Gasteiger partial charge on any atom is 0.410 e. The summed E-state index contributed by atoms with van der Waals surface area (Å²) in [7, 11) is -0.684. The second kappa shape index (κ2) is 7.98. The van der Waals surface area contributed by atoms with Gasteiger partial charge in [-0.15, -0.1) is 0 Å². The van der Waals surface area contributed by atoms with Crippen LogP contribution in [0, 0.1) is 0 Å². The van der Waals surface area contributed by atoms with Crippen molar-refractivity contribution in [3.63, 3.8) is 0 Å². The molecular formula is C17H29NO5Si. The summed E-state index contributed by atoms with van der Waals surface area (Å²) >= 11 is 0. The predicted octanol–water partition coefficient (Wildman–Crippen LogP) is 3.11. The fraction of sp³-hybridized carbons (Fsp3) is 0.647. The monoisotopic (exact) mass is 355 g/mol. The zero-order valence-electron chi connectivity index (χ0n) is 15.5. The van der Waals surface area contributed by atoms with Crippen molar-refractivity contribution >= 4 is 20.4 Å². The van der Waals surface area contributed by atoms with Gasteiger partial charge in [-0.1, -0.05) is 39.5 Å². The van der Waals surface area contributed by atoms with Gasteiger partial charge in [0.05, 0.1) is 25.3 Å². The number of carbonyl (C=O) groups excluding carboxylic acids is 2. The Morgan fingerprint density at radius 2 is 2.04 bits per heavy atom. The molecule has 0 aromatic rings. The van der Waals surface area contributed by atoms with Crippen molar-refractivity contribution in [2.24, 2.45) is 0 Å². The van der Waals surface area contributed by atoms with E-state index >= 15 is 0 Å². The molecule has 0 bridgehead atoms. The van der Waals surface area contributed by atoms with Gasteiger partial charge in [-0.2, -0.15) is 0 Å². The second-order valence-corrected chi connectivity index (χ2v) is 12.1. The predicted molar refractivity (Wildman–Crippen MR) is 95.3 cm³/mol. The summed E-state index contributed by atoms with van der Waals surface area (Å²) in [4.78, 5) is 25.7. The van der Waals surface area contributed by atoms with Gasteiger partial charge in [-0.25, -0.2) is 9.59 Å². The van der Waals surface area contributed by atoms with E-state index in [0.29, 0.717) is 12.1 Å². The highest BCUT2D eigenvalue weighted by Crippen LogP contribution is 2.37. The first-order valence-electron chi connectivity index (χ1n) is 8.01. The lowest BCUT2D eigenvalue weighted by atomic mass is 10.1. The number of carbonyl (C=O) groups is 2. The molecule has 0 radical (unpaired) electrons. The number of esters is 1. The van der Waals surface area contributed by atoms with Gasteiger partial charge in [-0.05, 0) is 18.1 Å². The minimum atomic E-state index is -2.01. The third-order valence-corrected chi connectivity index (χ3v) is 9.13. The molecule has 0 saturated heterocycles. The van der Waals surface area contributed by atoms with Crippen molar-refractivity contribution in [2.45, 2.75) is 44.9 Å². The molecule has 0 saturated carbocycles. The molecule has 0 N–H and O–H groups in total. The quantitative estimate of drug-likeness (QED) is 0.416. The zero-order valence-corrected chi connectivity index (χ0v) is 16.5. The highest BCUT2D eigenvalue weighted by molar-refractivity contribution is 6.74. The number of methoxy groups -OCH3 is 1. The summed E-state index contributed by atoms with van der Waals surface area (Å²) in [6.07, 6.45) is 2.71. The van der Waals surface area contributed by atoms with Gasteiger partial charge in [0.2, 0.25) is 0 Å². The Bertz CT molecular complexity index is 522. The van der Waals surface area contributed by atoms with Gasteiger partial charge in [0.15, 0.2) is 8.32 Å². The molecule has 0 aromatic carbocycles. The summed E-state index contributed by atoms with van der Waals surface area (Å²) in [5.41, 5.74) is 0.437. The molecule has 1 heterocycles. The van der Waals surface area contributed by atoms with Crippen LogP contribution in [0.4, 0.5) is 4.79 Å². The van der Waals surface area contributed by atoms with E-state index in [9.17, 15) is 9.59 Å². The van der Waals surface area contributed by atoms with Crippen LogP contribution in [0.1, 0.15) is 20.8 Å². The summed E-state index contributed by atoms with van der Waals surface area (Å²) in [5, 5.41) is 0.0366. The van der Waals surface area contributed by atoms with E-state index in [1.807, 2.05) is 0 Å². The van der Waals surface area contributed by atoms with Crippen molar-refractivity contribution in [3.8, 4) is 0 Å². The Hall–Kier alpha value is -1.60. The molecule has 1 atom stereocenters. The van der Waals surface area contributed by atoms with Crippen molar-refractivity contribution in [3.05, 3.63) is 24.3 Å². The van der Waals surface area contributed by atoms with Crippen LogP contribution in [0.3, 0.4) is 0 Å².